The first-order valence-electron chi connectivity index (χ1n) is 13.4. The summed E-state index contributed by atoms with van der Waals surface area (Å²) in [6.45, 7) is 0.799. The number of rotatable bonds is 12. The lowest BCUT2D eigenvalue weighted by molar-refractivity contribution is -0.264. The second-order valence-electron chi connectivity index (χ2n) is 12.1. The van der Waals surface area contributed by atoms with E-state index in [0.717, 1.165) is 0 Å². The summed E-state index contributed by atoms with van der Waals surface area (Å²) in [5.41, 5.74) is -4.03. The number of fused-ring (bicyclic) bond motifs is 4. The van der Waals surface area contributed by atoms with Gasteiger partial charge in [-0.15, -0.1) is 0 Å². The molecule has 6 rings (SSSR count). The van der Waals surface area contributed by atoms with Crippen molar-refractivity contribution in [1.29, 1.82) is 0 Å². The first-order valence-corrected chi connectivity index (χ1v) is 13.4. The molecule has 0 radical (unpaired) electrons. The van der Waals surface area contributed by atoms with Crippen molar-refractivity contribution in [1.82, 2.24) is 0 Å². The number of aliphatic hydroxyl groups is 1. The third kappa shape index (κ3) is 4.98. The fourth-order valence-corrected chi connectivity index (χ4v) is 7.38. The molecular weight excluding hydrogens is 526 g/mol. The maximum absolute atomic E-state index is 14.2. The smallest absolute Gasteiger partial charge is 0.388 e. The molecule has 1 N–H and O–H groups in total. The second-order valence-corrected chi connectivity index (χ2v) is 12.1. The Morgan fingerprint density at radius 3 is 1.63 bits per heavy atom. The molecule has 0 aromatic rings. The van der Waals surface area contributed by atoms with Crippen molar-refractivity contribution in [3.63, 3.8) is 0 Å². The maximum atomic E-state index is 14.2. The SMILES string of the molecule is OC(COC1CC2(C(F)(F)F)CC1CC2OCC1CO1)COC1CC2CC1(C(F)(F)F)CC2OCC1CO1. The molecule has 38 heavy (non-hydrogen) atoms. The van der Waals surface area contributed by atoms with Crippen LogP contribution >= 0.6 is 0 Å². The number of ether oxygens (including phenoxy) is 6. The maximum Gasteiger partial charge on any atom is 0.397 e. The first-order chi connectivity index (χ1) is 17.9. The summed E-state index contributed by atoms with van der Waals surface area (Å²) in [5.74, 6) is -0.657. The predicted molar refractivity (Wildman–Crippen MR) is 116 cm³/mol. The molecular formula is C25H34F6O7. The zero-order valence-corrected chi connectivity index (χ0v) is 20.8. The van der Waals surface area contributed by atoms with Gasteiger partial charge in [0, 0.05) is 0 Å². The standard InChI is InChI=1S/C25H34F6O7/c26-24(27,28)22-4-14(19(6-22)36-11-16-9-33-16)1-20(22)37-8-15(32)7-35-18-5-23(25(29,30)31)3-13(18)2-21(23)38-12-17-10-34-17/h13-21,32H,1-12H2. The molecule has 6 fully saturated rings. The summed E-state index contributed by atoms with van der Waals surface area (Å²) >= 11 is 0. The van der Waals surface area contributed by atoms with Crippen molar-refractivity contribution >= 4 is 0 Å². The lowest BCUT2D eigenvalue weighted by Crippen LogP contribution is -2.48. The molecule has 4 aliphatic carbocycles. The number of epoxide rings is 2. The van der Waals surface area contributed by atoms with Crippen molar-refractivity contribution in [2.45, 2.75) is 93.6 Å². The van der Waals surface area contributed by atoms with Crippen LogP contribution in [0.4, 0.5) is 26.3 Å². The molecule has 7 nitrogen and oxygen atoms in total. The van der Waals surface area contributed by atoms with Gasteiger partial charge >= 0.3 is 12.4 Å². The number of halogens is 6. The molecule has 2 heterocycles. The molecule has 0 aromatic carbocycles. The number of hydrogen-bond donors (Lipinski definition) is 1. The van der Waals surface area contributed by atoms with Gasteiger partial charge in [0.1, 0.15) is 18.3 Å². The third-order valence-electron chi connectivity index (χ3n) is 9.61. The zero-order chi connectivity index (χ0) is 26.9. The lowest BCUT2D eigenvalue weighted by atomic mass is 9.80. The molecule has 2 aliphatic heterocycles. The van der Waals surface area contributed by atoms with E-state index in [-0.39, 0.29) is 89.0 Å². The normalized spacial score (nSPS) is 46.2. The van der Waals surface area contributed by atoms with Crippen LogP contribution in [0.2, 0.25) is 0 Å². The summed E-state index contributed by atoms with van der Waals surface area (Å²) in [7, 11) is 0. The fraction of sp³-hybridized carbons (Fsp3) is 1.00. The van der Waals surface area contributed by atoms with E-state index in [0.29, 0.717) is 13.2 Å². The van der Waals surface area contributed by atoms with Crippen molar-refractivity contribution in [3.8, 4) is 0 Å². The first kappa shape index (κ1) is 27.5. The van der Waals surface area contributed by atoms with Crippen LogP contribution in [0.25, 0.3) is 0 Å². The van der Waals surface area contributed by atoms with Crippen LogP contribution < -0.4 is 0 Å². The Kier molecular flexibility index (Phi) is 7.01. The minimum absolute atomic E-state index is 0.0324. The fourth-order valence-electron chi connectivity index (χ4n) is 7.38. The van der Waals surface area contributed by atoms with Gasteiger partial charge in [0.25, 0.3) is 0 Å². The Balaban J connectivity index is 0.991. The van der Waals surface area contributed by atoms with Crippen molar-refractivity contribution in [3.05, 3.63) is 0 Å². The Morgan fingerprint density at radius 2 is 1.13 bits per heavy atom. The molecule has 0 amide bonds. The summed E-state index contributed by atoms with van der Waals surface area (Å²) < 4.78 is 117. The molecule has 11 unspecified atom stereocenters. The summed E-state index contributed by atoms with van der Waals surface area (Å²) in [5, 5.41) is 10.4. The van der Waals surface area contributed by atoms with E-state index >= 15 is 0 Å². The largest absolute Gasteiger partial charge is 0.397 e. The minimum atomic E-state index is -4.48. The van der Waals surface area contributed by atoms with Gasteiger partial charge in [-0.1, -0.05) is 0 Å². The number of alkyl halides is 6. The van der Waals surface area contributed by atoms with Crippen molar-refractivity contribution in [2.75, 3.05) is 39.6 Å². The summed E-state index contributed by atoms with van der Waals surface area (Å²) in [6, 6.07) is 0. The highest BCUT2D eigenvalue weighted by molar-refractivity contribution is 5.12. The van der Waals surface area contributed by atoms with Gasteiger partial charge in [-0.2, -0.15) is 26.3 Å². The molecule has 218 valence electrons. The van der Waals surface area contributed by atoms with E-state index in [2.05, 4.69) is 0 Å². The van der Waals surface area contributed by atoms with Crippen LogP contribution in [0.1, 0.15) is 38.5 Å². The number of aliphatic hydroxyl groups excluding tert-OH is 1. The van der Waals surface area contributed by atoms with E-state index in [1.54, 1.807) is 0 Å². The molecule has 0 aromatic heterocycles. The van der Waals surface area contributed by atoms with E-state index in [9.17, 15) is 31.4 Å². The van der Waals surface area contributed by atoms with Crippen LogP contribution in [-0.2, 0) is 28.4 Å². The molecule has 4 saturated carbocycles. The second kappa shape index (κ2) is 9.70. The van der Waals surface area contributed by atoms with Crippen LogP contribution in [0.3, 0.4) is 0 Å². The van der Waals surface area contributed by atoms with E-state index < -0.39 is 53.7 Å². The van der Waals surface area contributed by atoms with Gasteiger partial charge in [-0.25, -0.2) is 0 Å². The number of hydrogen-bond acceptors (Lipinski definition) is 7. The van der Waals surface area contributed by atoms with Crippen LogP contribution in [0.15, 0.2) is 0 Å². The molecule has 11 atom stereocenters. The molecule has 0 spiro atoms. The summed E-state index contributed by atoms with van der Waals surface area (Å²) in [4.78, 5) is 0. The average Bonchev–Trinajstić information content (AvgIpc) is 3.71. The Bertz CT molecular complexity index is 864. The minimum Gasteiger partial charge on any atom is -0.388 e. The monoisotopic (exact) mass is 560 g/mol. The molecule has 13 heteroatoms. The van der Waals surface area contributed by atoms with E-state index in [1.165, 1.54) is 0 Å². The van der Waals surface area contributed by atoms with Crippen molar-refractivity contribution in [2.24, 2.45) is 22.7 Å². The molecule has 6 aliphatic rings. The lowest BCUT2D eigenvalue weighted by Gasteiger charge is -2.39. The highest BCUT2D eigenvalue weighted by Crippen LogP contribution is 2.64. The highest BCUT2D eigenvalue weighted by Gasteiger charge is 2.71. The molecule has 4 bridgehead atoms. The zero-order valence-electron chi connectivity index (χ0n) is 20.8. The average molecular weight is 561 g/mol. The predicted octanol–water partition coefficient (Wildman–Crippen LogP) is 3.41. The Hall–Kier alpha value is -0.700. The Labute approximate surface area is 216 Å². The van der Waals surface area contributed by atoms with Gasteiger partial charge < -0.3 is 33.5 Å². The van der Waals surface area contributed by atoms with Gasteiger partial charge in [0.15, 0.2) is 0 Å². The van der Waals surface area contributed by atoms with E-state index in [1.807, 2.05) is 0 Å². The van der Waals surface area contributed by atoms with Gasteiger partial charge in [0.05, 0.1) is 74.9 Å². The van der Waals surface area contributed by atoms with Gasteiger partial charge in [-0.05, 0) is 50.4 Å². The molecule has 2 saturated heterocycles. The van der Waals surface area contributed by atoms with Crippen LogP contribution in [0.5, 0.6) is 0 Å². The van der Waals surface area contributed by atoms with Crippen molar-refractivity contribution < 1.29 is 59.9 Å². The third-order valence-corrected chi connectivity index (χ3v) is 9.61. The quantitative estimate of drug-likeness (QED) is 0.290. The van der Waals surface area contributed by atoms with E-state index in [4.69, 9.17) is 28.4 Å². The van der Waals surface area contributed by atoms with Crippen LogP contribution in [0, 0.1) is 22.7 Å². The topological polar surface area (TPSA) is 82.2 Å². The summed E-state index contributed by atoms with van der Waals surface area (Å²) in [6.07, 6.45) is -13.9. The highest BCUT2D eigenvalue weighted by atomic mass is 19.4. The van der Waals surface area contributed by atoms with Gasteiger partial charge in [-0.3, -0.25) is 0 Å². The van der Waals surface area contributed by atoms with Gasteiger partial charge in [0.2, 0.25) is 0 Å². The van der Waals surface area contributed by atoms with Crippen LogP contribution in [-0.4, -0.2) is 99.8 Å². The Morgan fingerprint density at radius 1 is 0.684 bits per heavy atom.